The summed E-state index contributed by atoms with van der Waals surface area (Å²) >= 11 is 0. The molecule has 0 fully saturated rings. The molecule has 0 aromatic heterocycles. The van der Waals surface area contributed by atoms with Crippen LogP contribution < -0.4 is 18.9 Å². The maximum absolute atomic E-state index is 13.0. The molecule has 11 nitrogen and oxygen atoms in total. The van der Waals surface area contributed by atoms with E-state index in [1.54, 1.807) is 36.4 Å². The molecule has 0 radical (unpaired) electrons. The van der Waals surface area contributed by atoms with E-state index in [2.05, 4.69) is 0 Å². The SMILES string of the molecule is COc1cc(C2Oc3cc([C@H]4Oc5cc(O)cc(O)c5C(=O)[C@@H]4O)ccc3OC2COC(=O)/C=C/c2ccc(C)cc2)ccc1O. The molecule has 4 N–H and O–H groups in total. The number of rotatable bonds is 7. The first kappa shape index (κ1) is 30.4. The fourth-order valence-corrected chi connectivity index (χ4v) is 5.32. The van der Waals surface area contributed by atoms with Crippen molar-refractivity contribution in [2.24, 2.45) is 0 Å². The van der Waals surface area contributed by atoms with Crippen LogP contribution >= 0.6 is 0 Å². The Hall–Kier alpha value is -5.68. The van der Waals surface area contributed by atoms with Crippen molar-refractivity contribution in [1.29, 1.82) is 0 Å². The standard InChI is InChI=1S/C35H30O11/c1-18-3-5-19(6-4-18)7-12-30(39)43-17-29-34(20-8-10-23(37)26(13-20)42-2)45-27-14-21(9-11-25(27)44-29)35-33(41)32(40)31-24(38)15-22(36)16-28(31)46-35/h3-16,29,33-38,41H,17H2,1-2H3/b12-7+/t29?,33-,34?,35+/m0/s1. The summed E-state index contributed by atoms with van der Waals surface area (Å²) in [6.07, 6.45) is -1.56. The first-order chi connectivity index (χ1) is 22.1. The van der Waals surface area contributed by atoms with Gasteiger partial charge >= 0.3 is 5.97 Å². The Kier molecular flexibility index (Phi) is 8.16. The number of methoxy groups -OCH3 is 1. The summed E-state index contributed by atoms with van der Waals surface area (Å²) in [6.45, 7) is 1.79. The van der Waals surface area contributed by atoms with Gasteiger partial charge in [-0.25, -0.2) is 4.79 Å². The second-order valence-corrected chi connectivity index (χ2v) is 10.9. The molecule has 0 saturated heterocycles. The van der Waals surface area contributed by atoms with Gasteiger partial charge in [0.05, 0.1) is 7.11 Å². The Bertz CT molecular complexity index is 1830. The maximum Gasteiger partial charge on any atom is 0.330 e. The molecule has 4 atom stereocenters. The van der Waals surface area contributed by atoms with E-state index in [0.717, 1.165) is 17.2 Å². The van der Waals surface area contributed by atoms with Gasteiger partial charge in [-0.3, -0.25) is 4.79 Å². The molecular weight excluding hydrogens is 596 g/mol. The second-order valence-electron chi connectivity index (χ2n) is 10.9. The van der Waals surface area contributed by atoms with Gasteiger partial charge in [0.2, 0.25) is 5.78 Å². The number of Topliss-reactive ketones (excluding diaryl/α,β-unsaturated/α-hetero) is 1. The normalized spacial score (nSPS) is 20.1. The number of aromatic hydroxyl groups is 3. The molecular formula is C35H30O11. The third-order valence-corrected chi connectivity index (χ3v) is 7.70. The molecule has 0 amide bonds. The van der Waals surface area contributed by atoms with Gasteiger partial charge in [0.25, 0.3) is 0 Å². The van der Waals surface area contributed by atoms with Crippen LogP contribution in [0.25, 0.3) is 6.08 Å². The van der Waals surface area contributed by atoms with Crippen LogP contribution in [0.4, 0.5) is 0 Å². The number of phenols is 3. The van der Waals surface area contributed by atoms with Gasteiger partial charge < -0.3 is 44.1 Å². The predicted octanol–water partition coefficient (Wildman–Crippen LogP) is 4.94. The number of benzene rings is 4. The third kappa shape index (κ3) is 6.00. The zero-order chi connectivity index (χ0) is 32.5. The van der Waals surface area contributed by atoms with Crippen molar-refractivity contribution < 1.29 is 53.7 Å². The number of hydrogen-bond acceptors (Lipinski definition) is 11. The molecule has 0 saturated carbocycles. The number of hydrogen-bond donors (Lipinski definition) is 4. The predicted molar refractivity (Wildman–Crippen MR) is 164 cm³/mol. The largest absolute Gasteiger partial charge is 0.508 e. The van der Waals surface area contributed by atoms with E-state index >= 15 is 0 Å². The van der Waals surface area contributed by atoms with Crippen molar-refractivity contribution in [2.75, 3.05) is 13.7 Å². The van der Waals surface area contributed by atoms with Gasteiger partial charge in [0.15, 0.2) is 47.4 Å². The van der Waals surface area contributed by atoms with Gasteiger partial charge in [-0.2, -0.15) is 0 Å². The number of fused-ring (bicyclic) bond motifs is 2. The van der Waals surface area contributed by atoms with Crippen LogP contribution in [0.3, 0.4) is 0 Å². The number of ether oxygens (including phenoxy) is 5. The highest BCUT2D eigenvalue weighted by atomic mass is 16.6. The number of carbonyl (C=O) groups excluding carboxylic acids is 2. The molecule has 2 aliphatic heterocycles. The number of aliphatic hydroxyl groups excluding tert-OH is 1. The molecule has 11 heteroatoms. The number of esters is 1. The van der Waals surface area contributed by atoms with E-state index in [9.17, 15) is 30.0 Å². The molecule has 2 heterocycles. The van der Waals surface area contributed by atoms with Crippen LogP contribution in [-0.2, 0) is 9.53 Å². The Morgan fingerprint density at radius 2 is 1.54 bits per heavy atom. The molecule has 4 aromatic rings. The van der Waals surface area contributed by atoms with Crippen molar-refractivity contribution >= 4 is 17.8 Å². The van der Waals surface area contributed by atoms with E-state index in [1.165, 1.54) is 25.3 Å². The monoisotopic (exact) mass is 626 g/mol. The summed E-state index contributed by atoms with van der Waals surface area (Å²) < 4.78 is 29.3. The average Bonchev–Trinajstić information content (AvgIpc) is 3.04. The lowest BCUT2D eigenvalue weighted by atomic mass is 9.92. The second kappa shape index (κ2) is 12.4. The minimum Gasteiger partial charge on any atom is -0.508 e. The van der Waals surface area contributed by atoms with Crippen molar-refractivity contribution in [2.45, 2.75) is 31.3 Å². The van der Waals surface area contributed by atoms with Crippen LogP contribution in [0.2, 0.25) is 0 Å². The van der Waals surface area contributed by atoms with Crippen LogP contribution in [0, 0.1) is 6.92 Å². The summed E-state index contributed by atoms with van der Waals surface area (Å²) in [6, 6.07) is 19.1. The topological polar surface area (TPSA) is 161 Å². The smallest absolute Gasteiger partial charge is 0.330 e. The number of phenolic OH excluding ortho intramolecular Hbond substituents is 3. The number of ketones is 1. The zero-order valence-corrected chi connectivity index (χ0v) is 24.7. The highest BCUT2D eigenvalue weighted by Crippen LogP contribution is 2.46. The number of aliphatic hydroxyl groups is 1. The minimum absolute atomic E-state index is 0.0830. The van der Waals surface area contributed by atoms with Gasteiger partial charge in [0, 0.05) is 23.8 Å². The molecule has 2 aliphatic rings. The lowest BCUT2D eigenvalue weighted by molar-refractivity contribution is -0.142. The fourth-order valence-electron chi connectivity index (χ4n) is 5.32. The molecule has 4 aromatic carbocycles. The average molecular weight is 627 g/mol. The Balaban J connectivity index is 1.27. The van der Waals surface area contributed by atoms with Crippen LogP contribution in [0.5, 0.6) is 40.2 Å². The van der Waals surface area contributed by atoms with Crippen LogP contribution in [0.1, 0.15) is 44.8 Å². The molecule has 0 bridgehead atoms. The Morgan fingerprint density at radius 3 is 2.30 bits per heavy atom. The number of carbonyl (C=O) groups is 2. The van der Waals surface area contributed by atoms with Crippen molar-refractivity contribution in [3.63, 3.8) is 0 Å². The summed E-state index contributed by atoms with van der Waals surface area (Å²) in [7, 11) is 1.41. The summed E-state index contributed by atoms with van der Waals surface area (Å²) in [5.41, 5.74) is 2.60. The molecule has 6 rings (SSSR count). The van der Waals surface area contributed by atoms with Crippen molar-refractivity contribution in [3.05, 3.63) is 107 Å². The Labute approximate surface area is 263 Å². The minimum atomic E-state index is -1.66. The van der Waals surface area contributed by atoms with Gasteiger partial charge in [-0.1, -0.05) is 42.0 Å². The summed E-state index contributed by atoms with van der Waals surface area (Å²) in [5.74, 6) is -1.61. The van der Waals surface area contributed by atoms with Crippen molar-refractivity contribution in [1.82, 2.24) is 0 Å². The molecule has 236 valence electrons. The third-order valence-electron chi connectivity index (χ3n) is 7.70. The summed E-state index contributed by atoms with van der Waals surface area (Å²) in [4.78, 5) is 25.6. The quantitative estimate of drug-likeness (QED) is 0.163. The fraction of sp³-hybridized carbons (Fsp3) is 0.200. The summed E-state index contributed by atoms with van der Waals surface area (Å²) in [5, 5.41) is 41.1. The van der Waals surface area contributed by atoms with E-state index in [0.29, 0.717) is 16.9 Å². The van der Waals surface area contributed by atoms with Crippen molar-refractivity contribution in [3.8, 4) is 40.2 Å². The first-order valence-corrected chi connectivity index (χ1v) is 14.3. The first-order valence-electron chi connectivity index (χ1n) is 14.3. The zero-order valence-electron chi connectivity index (χ0n) is 24.7. The van der Waals surface area contributed by atoms with E-state index in [1.807, 2.05) is 31.2 Å². The van der Waals surface area contributed by atoms with E-state index in [-0.39, 0.29) is 40.9 Å². The van der Waals surface area contributed by atoms with E-state index in [4.69, 9.17) is 23.7 Å². The highest BCUT2D eigenvalue weighted by molar-refractivity contribution is 6.05. The maximum atomic E-state index is 13.0. The number of aryl methyl sites for hydroxylation is 1. The lowest BCUT2D eigenvalue weighted by Crippen LogP contribution is -2.38. The van der Waals surface area contributed by atoms with Gasteiger partial charge in [-0.05, 0) is 48.4 Å². The van der Waals surface area contributed by atoms with Crippen LogP contribution in [0.15, 0.2) is 78.9 Å². The van der Waals surface area contributed by atoms with Crippen LogP contribution in [-0.4, -0.2) is 58.1 Å². The molecule has 2 unspecified atom stereocenters. The molecule has 46 heavy (non-hydrogen) atoms. The lowest BCUT2D eigenvalue weighted by Gasteiger charge is -2.35. The highest BCUT2D eigenvalue weighted by Gasteiger charge is 2.41. The van der Waals surface area contributed by atoms with Gasteiger partial charge in [0.1, 0.15) is 29.4 Å². The van der Waals surface area contributed by atoms with E-state index < -0.39 is 41.9 Å². The van der Waals surface area contributed by atoms with Gasteiger partial charge in [-0.15, -0.1) is 0 Å². The molecule has 0 spiro atoms. The Morgan fingerprint density at radius 1 is 0.826 bits per heavy atom. The molecule has 0 aliphatic carbocycles.